The first kappa shape index (κ1) is 16.6. The van der Waals surface area contributed by atoms with E-state index in [-0.39, 0.29) is 5.56 Å². The third kappa shape index (κ3) is 3.99. The van der Waals surface area contributed by atoms with E-state index in [2.05, 4.69) is 15.9 Å². The Labute approximate surface area is 146 Å². The molecule has 0 unspecified atom stereocenters. The number of aromatic carboxylic acids is 1. The number of rotatable bonds is 5. The predicted molar refractivity (Wildman–Crippen MR) is 94.1 cm³/mol. The number of piperazine rings is 1. The average molecular weight is 347 g/mol. The molecule has 0 aliphatic carbocycles. The normalized spacial score (nSPS) is 15.3. The van der Waals surface area contributed by atoms with Gasteiger partial charge in [-0.3, -0.25) is 4.90 Å². The van der Waals surface area contributed by atoms with E-state index in [4.69, 9.17) is 16.3 Å². The van der Waals surface area contributed by atoms with Gasteiger partial charge in [0.1, 0.15) is 18.0 Å². The molecule has 5 nitrogen and oxygen atoms in total. The summed E-state index contributed by atoms with van der Waals surface area (Å²) in [7, 11) is 0. The number of hydrogen-bond acceptors (Lipinski definition) is 4. The molecule has 1 saturated heterocycles. The van der Waals surface area contributed by atoms with E-state index in [1.807, 2.05) is 18.2 Å². The van der Waals surface area contributed by atoms with Crippen molar-refractivity contribution in [3.8, 4) is 5.75 Å². The largest absolute Gasteiger partial charge is 0.478 e. The monoisotopic (exact) mass is 346 g/mol. The van der Waals surface area contributed by atoms with Crippen LogP contribution in [0.3, 0.4) is 0 Å². The van der Waals surface area contributed by atoms with E-state index in [0.717, 1.165) is 36.9 Å². The van der Waals surface area contributed by atoms with E-state index >= 15 is 0 Å². The number of hydrogen-bond donors (Lipinski definition) is 1. The number of nitrogens with zero attached hydrogens (tertiary/aromatic N) is 2. The van der Waals surface area contributed by atoms with E-state index in [1.165, 1.54) is 0 Å². The molecule has 0 amide bonds. The first-order valence-corrected chi connectivity index (χ1v) is 8.19. The van der Waals surface area contributed by atoms with Crippen molar-refractivity contribution in [2.45, 2.75) is 0 Å². The Bertz CT molecular complexity index is 715. The Kier molecular flexibility index (Phi) is 5.23. The molecule has 1 aliphatic rings. The zero-order valence-corrected chi connectivity index (χ0v) is 13.9. The molecule has 0 bridgehead atoms. The summed E-state index contributed by atoms with van der Waals surface area (Å²) >= 11 is 6.05. The predicted octanol–water partition coefficient (Wildman–Crippen LogP) is 3.20. The van der Waals surface area contributed by atoms with Gasteiger partial charge in [0.2, 0.25) is 0 Å². The smallest absolute Gasteiger partial charge is 0.339 e. The summed E-state index contributed by atoms with van der Waals surface area (Å²) in [4.78, 5) is 15.6. The second-order valence-corrected chi connectivity index (χ2v) is 6.10. The van der Waals surface area contributed by atoms with Crippen molar-refractivity contribution in [3.05, 3.63) is 59.1 Å². The van der Waals surface area contributed by atoms with Gasteiger partial charge in [-0.1, -0.05) is 29.8 Å². The highest BCUT2D eigenvalue weighted by molar-refractivity contribution is 6.30. The minimum atomic E-state index is -0.976. The summed E-state index contributed by atoms with van der Waals surface area (Å²) in [5.41, 5.74) is 1.31. The minimum absolute atomic E-state index is 0.190. The van der Waals surface area contributed by atoms with Crippen molar-refractivity contribution in [2.75, 3.05) is 37.8 Å². The highest BCUT2D eigenvalue weighted by Crippen LogP contribution is 2.21. The molecular formula is C18H19ClN2O3. The van der Waals surface area contributed by atoms with E-state index in [9.17, 15) is 9.90 Å². The molecule has 0 radical (unpaired) electrons. The van der Waals surface area contributed by atoms with Gasteiger partial charge in [-0.25, -0.2) is 4.79 Å². The number of carboxylic acids is 1. The quantitative estimate of drug-likeness (QED) is 0.901. The number of benzene rings is 2. The topological polar surface area (TPSA) is 53.0 Å². The van der Waals surface area contributed by atoms with Gasteiger partial charge in [0.15, 0.2) is 0 Å². The molecule has 1 aliphatic heterocycles. The van der Waals surface area contributed by atoms with Gasteiger partial charge in [0.05, 0.1) is 0 Å². The molecule has 1 N–H and O–H groups in total. The van der Waals surface area contributed by atoms with Gasteiger partial charge in [-0.2, -0.15) is 0 Å². The second-order valence-electron chi connectivity index (χ2n) is 5.66. The Balaban J connectivity index is 1.54. The molecule has 126 valence electrons. The van der Waals surface area contributed by atoms with Gasteiger partial charge in [0, 0.05) is 36.9 Å². The number of ether oxygens (including phenoxy) is 1. The average Bonchev–Trinajstić information content (AvgIpc) is 2.60. The molecule has 0 saturated carbocycles. The number of halogens is 1. The van der Waals surface area contributed by atoms with Crippen LogP contribution in [-0.4, -0.2) is 48.9 Å². The molecule has 1 fully saturated rings. The number of para-hydroxylation sites is 1. The van der Waals surface area contributed by atoms with Crippen molar-refractivity contribution in [1.82, 2.24) is 4.90 Å². The Morgan fingerprint density at radius 3 is 2.54 bits per heavy atom. The van der Waals surface area contributed by atoms with Gasteiger partial charge in [-0.05, 0) is 30.3 Å². The highest BCUT2D eigenvalue weighted by atomic mass is 35.5. The van der Waals surface area contributed by atoms with Crippen LogP contribution in [0.15, 0.2) is 48.5 Å². The molecule has 2 aromatic carbocycles. The maximum atomic E-state index is 11.2. The summed E-state index contributed by atoms with van der Waals surface area (Å²) in [5, 5.41) is 9.91. The fourth-order valence-corrected chi connectivity index (χ4v) is 2.92. The minimum Gasteiger partial charge on any atom is -0.478 e. The molecule has 3 rings (SSSR count). The summed E-state index contributed by atoms with van der Waals surface area (Å²) in [6.07, 6.45) is 0. The van der Waals surface area contributed by atoms with Gasteiger partial charge >= 0.3 is 5.97 Å². The van der Waals surface area contributed by atoms with E-state index in [0.29, 0.717) is 12.5 Å². The van der Waals surface area contributed by atoms with Crippen molar-refractivity contribution in [2.24, 2.45) is 0 Å². The lowest BCUT2D eigenvalue weighted by molar-refractivity contribution is 0.0683. The van der Waals surface area contributed by atoms with Gasteiger partial charge in [-0.15, -0.1) is 0 Å². The van der Waals surface area contributed by atoms with Crippen LogP contribution in [0.5, 0.6) is 5.75 Å². The number of carboxylic acid groups (broad SMARTS) is 1. The third-order valence-electron chi connectivity index (χ3n) is 4.07. The molecule has 0 aromatic heterocycles. The SMILES string of the molecule is O=C(O)c1ccccc1OCN1CCN(c2cccc(Cl)c2)CC1. The fraction of sp³-hybridized carbons (Fsp3) is 0.278. The van der Waals surface area contributed by atoms with E-state index < -0.39 is 5.97 Å². The van der Waals surface area contributed by atoms with Gasteiger partial charge in [0.25, 0.3) is 0 Å². The summed E-state index contributed by atoms with van der Waals surface area (Å²) in [5.74, 6) is -0.571. The Morgan fingerprint density at radius 1 is 1.08 bits per heavy atom. The first-order valence-electron chi connectivity index (χ1n) is 7.81. The van der Waals surface area contributed by atoms with Crippen LogP contribution in [0.4, 0.5) is 5.69 Å². The van der Waals surface area contributed by atoms with Crippen molar-refractivity contribution >= 4 is 23.3 Å². The molecule has 0 spiro atoms. The number of carbonyl (C=O) groups is 1. The lowest BCUT2D eigenvalue weighted by Gasteiger charge is -2.35. The van der Waals surface area contributed by atoms with E-state index in [1.54, 1.807) is 24.3 Å². The molecule has 6 heteroatoms. The zero-order valence-electron chi connectivity index (χ0n) is 13.2. The zero-order chi connectivity index (χ0) is 16.9. The fourth-order valence-electron chi connectivity index (χ4n) is 2.74. The molecule has 1 heterocycles. The third-order valence-corrected chi connectivity index (χ3v) is 4.30. The second kappa shape index (κ2) is 7.55. The lowest BCUT2D eigenvalue weighted by Crippen LogP contribution is -2.47. The van der Waals surface area contributed by atoms with Crippen LogP contribution in [-0.2, 0) is 0 Å². The van der Waals surface area contributed by atoms with Crippen LogP contribution in [0, 0.1) is 0 Å². The van der Waals surface area contributed by atoms with Crippen LogP contribution < -0.4 is 9.64 Å². The van der Waals surface area contributed by atoms with Crippen molar-refractivity contribution in [1.29, 1.82) is 0 Å². The van der Waals surface area contributed by atoms with Crippen LogP contribution >= 0.6 is 11.6 Å². The molecule has 2 aromatic rings. The summed E-state index contributed by atoms with van der Waals surface area (Å²) < 4.78 is 5.70. The molecule has 24 heavy (non-hydrogen) atoms. The van der Waals surface area contributed by atoms with Crippen LogP contribution in [0.1, 0.15) is 10.4 Å². The standard InChI is InChI=1S/C18H19ClN2O3/c19-14-4-3-5-15(12-14)21-10-8-20(9-11-21)13-24-17-7-2-1-6-16(17)18(22)23/h1-7,12H,8-11,13H2,(H,22,23). The van der Waals surface area contributed by atoms with Crippen molar-refractivity contribution in [3.63, 3.8) is 0 Å². The first-order chi connectivity index (χ1) is 11.6. The molecule has 0 atom stereocenters. The number of anilines is 1. The maximum absolute atomic E-state index is 11.2. The Hall–Kier alpha value is -2.24. The Morgan fingerprint density at radius 2 is 1.83 bits per heavy atom. The van der Waals surface area contributed by atoms with Gasteiger partial charge < -0.3 is 14.7 Å². The highest BCUT2D eigenvalue weighted by Gasteiger charge is 2.18. The summed E-state index contributed by atoms with van der Waals surface area (Å²) in [6.45, 7) is 3.84. The van der Waals surface area contributed by atoms with Crippen LogP contribution in [0.25, 0.3) is 0 Å². The van der Waals surface area contributed by atoms with Crippen LogP contribution in [0.2, 0.25) is 5.02 Å². The van der Waals surface area contributed by atoms with Crippen molar-refractivity contribution < 1.29 is 14.6 Å². The summed E-state index contributed by atoms with van der Waals surface area (Å²) in [6, 6.07) is 14.6. The lowest BCUT2D eigenvalue weighted by atomic mass is 10.2. The molecular weight excluding hydrogens is 328 g/mol. The maximum Gasteiger partial charge on any atom is 0.339 e.